The molecule has 0 aliphatic carbocycles. The molecule has 0 saturated carbocycles. The first-order valence-electron chi connectivity index (χ1n) is 7.31. The molecule has 4 nitrogen and oxygen atoms in total. The first-order chi connectivity index (χ1) is 10.3. The van der Waals surface area contributed by atoms with E-state index in [9.17, 15) is 9.50 Å². The third-order valence-corrected chi connectivity index (χ3v) is 3.95. The average Bonchev–Trinajstić information content (AvgIpc) is 2.96. The standard InChI is InChI=1S/C16H19FN2O2/c17-13-5-3-4-12(8-13)16-18-14(11-21-16)9-19-7-2-1-6-15(19)10-20/h3-5,8,11,15,20H,1-2,6-7,9-10H2/t15-/m0/s1. The van der Waals surface area contributed by atoms with Crippen LogP contribution in [0.25, 0.3) is 11.5 Å². The van der Waals surface area contributed by atoms with Crippen LogP contribution in [-0.4, -0.2) is 34.2 Å². The Morgan fingerprint density at radius 3 is 3.10 bits per heavy atom. The molecule has 0 spiro atoms. The van der Waals surface area contributed by atoms with Crippen molar-refractivity contribution in [3.63, 3.8) is 0 Å². The Hall–Kier alpha value is -1.72. The summed E-state index contributed by atoms with van der Waals surface area (Å²) in [7, 11) is 0. The molecule has 0 unspecified atom stereocenters. The predicted octanol–water partition coefficient (Wildman–Crippen LogP) is 2.83. The molecule has 112 valence electrons. The second-order valence-electron chi connectivity index (χ2n) is 5.46. The highest BCUT2D eigenvalue weighted by molar-refractivity contribution is 5.52. The van der Waals surface area contributed by atoms with Crippen molar-refractivity contribution >= 4 is 0 Å². The largest absolute Gasteiger partial charge is 0.444 e. The molecular weight excluding hydrogens is 271 g/mol. The highest BCUT2D eigenvalue weighted by atomic mass is 19.1. The number of nitrogens with zero attached hydrogens (tertiary/aromatic N) is 2. The summed E-state index contributed by atoms with van der Waals surface area (Å²) in [6.07, 6.45) is 4.94. The molecule has 2 heterocycles. The van der Waals surface area contributed by atoms with Gasteiger partial charge in [0.1, 0.15) is 12.1 Å². The van der Waals surface area contributed by atoms with E-state index in [0.29, 0.717) is 18.0 Å². The first kappa shape index (κ1) is 14.2. The van der Waals surface area contributed by atoms with Crippen LogP contribution in [0.15, 0.2) is 34.9 Å². The Labute approximate surface area is 123 Å². The van der Waals surface area contributed by atoms with Gasteiger partial charge in [-0.05, 0) is 37.6 Å². The van der Waals surface area contributed by atoms with Gasteiger partial charge in [0.15, 0.2) is 0 Å². The summed E-state index contributed by atoms with van der Waals surface area (Å²) >= 11 is 0. The lowest BCUT2D eigenvalue weighted by Gasteiger charge is -2.33. The van der Waals surface area contributed by atoms with E-state index in [2.05, 4.69) is 9.88 Å². The molecule has 1 saturated heterocycles. The number of benzene rings is 1. The maximum Gasteiger partial charge on any atom is 0.226 e. The topological polar surface area (TPSA) is 49.5 Å². The van der Waals surface area contributed by atoms with Gasteiger partial charge in [0, 0.05) is 18.2 Å². The van der Waals surface area contributed by atoms with E-state index >= 15 is 0 Å². The summed E-state index contributed by atoms with van der Waals surface area (Å²) in [5.41, 5.74) is 1.45. The van der Waals surface area contributed by atoms with Crippen LogP contribution >= 0.6 is 0 Å². The molecule has 2 aromatic rings. The van der Waals surface area contributed by atoms with Crippen LogP contribution in [-0.2, 0) is 6.54 Å². The minimum absolute atomic E-state index is 0.175. The number of oxazole rings is 1. The van der Waals surface area contributed by atoms with Gasteiger partial charge in [-0.15, -0.1) is 0 Å². The highest BCUT2D eigenvalue weighted by Crippen LogP contribution is 2.22. The Bertz CT molecular complexity index is 599. The van der Waals surface area contributed by atoms with E-state index in [1.165, 1.54) is 12.1 Å². The highest BCUT2D eigenvalue weighted by Gasteiger charge is 2.22. The quantitative estimate of drug-likeness (QED) is 0.940. The second kappa shape index (κ2) is 6.37. The van der Waals surface area contributed by atoms with Gasteiger partial charge < -0.3 is 9.52 Å². The maximum atomic E-state index is 13.2. The predicted molar refractivity (Wildman–Crippen MR) is 77.0 cm³/mol. The van der Waals surface area contributed by atoms with E-state index in [1.54, 1.807) is 18.4 Å². The minimum Gasteiger partial charge on any atom is -0.444 e. The molecule has 1 aliphatic heterocycles. The van der Waals surface area contributed by atoms with Gasteiger partial charge in [0.2, 0.25) is 5.89 Å². The Kier molecular flexibility index (Phi) is 4.31. The van der Waals surface area contributed by atoms with Gasteiger partial charge in [0.25, 0.3) is 0 Å². The molecule has 1 aromatic carbocycles. The van der Waals surface area contributed by atoms with Crippen molar-refractivity contribution in [1.29, 1.82) is 0 Å². The van der Waals surface area contributed by atoms with Crippen molar-refractivity contribution in [3.05, 3.63) is 42.0 Å². The Morgan fingerprint density at radius 2 is 2.29 bits per heavy atom. The number of aliphatic hydroxyl groups excluding tert-OH is 1. The molecule has 0 amide bonds. The summed E-state index contributed by atoms with van der Waals surface area (Å²) < 4.78 is 18.7. The smallest absolute Gasteiger partial charge is 0.226 e. The minimum atomic E-state index is -0.302. The number of likely N-dealkylation sites (tertiary alicyclic amines) is 1. The molecule has 5 heteroatoms. The molecule has 21 heavy (non-hydrogen) atoms. The van der Waals surface area contributed by atoms with Gasteiger partial charge in [-0.2, -0.15) is 0 Å². The fourth-order valence-electron chi connectivity index (χ4n) is 2.82. The van der Waals surface area contributed by atoms with E-state index in [4.69, 9.17) is 4.42 Å². The number of piperidine rings is 1. The van der Waals surface area contributed by atoms with Gasteiger partial charge >= 0.3 is 0 Å². The molecule has 1 atom stereocenters. The zero-order valence-corrected chi connectivity index (χ0v) is 11.8. The third kappa shape index (κ3) is 3.31. The van der Waals surface area contributed by atoms with Crippen LogP contribution in [0.2, 0.25) is 0 Å². The van der Waals surface area contributed by atoms with E-state index in [1.807, 2.05) is 0 Å². The summed E-state index contributed by atoms with van der Waals surface area (Å²) in [6, 6.07) is 6.42. The average molecular weight is 290 g/mol. The van der Waals surface area contributed by atoms with Crippen LogP contribution < -0.4 is 0 Å². The van der Waals surface area contributed by atoms with Gasteiger partial charge in [0.05, 0.1) is 12.3 Å². The molecule has 1 aliphatic rings. The molecular formula is C16H19FN2O2. The molecule has 1 N–H and O–H groups in total. The van der Waals surface area contributed by atoms with E-state index < -0.39 is 0 Å². The Balaban J connectivity index is 1.73. The fraction of sp³-hybridized carbons (Fsp3) is 0.438. The number of rotatable bonds is 4. The second-order valence-corrected chi connectivity index (χ2v) is 5.46. The monoisotopic (exact) mass is 290 g/mol. The van der Waals surface area contributed by atoms with Crippen molar-refractivity contribution in [1.82, 2.24) is 9.88 Å². The summed E-state index contributed by atoms with van der Waals surface area (Å²) in [5.74, 6) is 0.130. The summed E-state index contributed by atoms with van der Waals surface area (Å²) in [4.78, 5) is 6.66. The number of hydrogen-bond donors (Lipinski definition) is 1. The third-order valence-electron chi connectivity index (χ3n) is 3.95. The van der Waals surface area contributed by atoms with Crippen molar-refractivity contribution in [2.24, 2.45) is 0 Å². The number of aliphatic hydroxyl groups is 1. The van der Waals surface area contributed by atoms with Gasteiger partial charge in [-0.3, -0.25) is 4.90 Å². The van der Waals surface area contributed by atoms with Crippen molar-refractivity contribution in [2.45, 2.75) is 31.8 Å². The molecule has 0 bridgehead atoms. The van der Waals surface area contributed by atoms with Crippen molar-refractivity contribution < 1.29 is 13.9 Å². The SMILES string of the molecule is OC[C@@H]1CCCCN1Cc1coc(-c2cccc(F)c2)n1. The first-order valence-corrected chi connectivity index (χ1v) is 7.31. The fourth-order valence-corrected chi connectivity index (χ4v) is 2.82. The van der Waals surface area contributed by atoms with Crippen LogP contribution in [0, 0.1) is 5.82 Å². The molecule has 1 aromatic heterocycles. The zero-order chi connectivity index (χ0) is 14.7. The number of halogens is 1. The number of aromatic nitrogens is 1. The normalized spacial score (nSPS) is 19.8. The zero-order valence-electron chi connectivity index (χ0n) is 11.8. The molecule has 3 rings (SSSR count). The lowest BCUT2D eigenvalue weighted by molar-refractivity contribution is 0.0830. The molecule has 1 fully saturated rings. The van der Waals surface area contributed by atoms with Crippen LogP contribution in [0.1, 0.15) is 25.0 Å². The van der Waals surface area contributed by atoms with Crippen molar-refractivity contribution in [3.8, 4) is 11.5 Å². The molecule has 0 radical (unpaired) electrons. The van der Waals surface area contributed by atoms with Crippen LogP contribution in [0.4, 0.5) is 4.39 Å². The van der Waals surface area contributed by atoms with E-state index in [0.717, 1.165) is 31.5 Å². The Morgan fingerprint density at radius 1 is 1.38 bits per heavy atom. The van der Waals surface area contributed by atoms with Crippen LogP contribution in [0.3, 0.4) is 0 Å². The van der Waals surface area contributed by atoms with Crippen LogP contribution in [0.5, 0.6) is 0 Å². The maximum absolute atomic E-state index is 13.2. The van der Waals surface area contributed by atoms with Gasteiger partial charge in [-0.1, -0.05) is 12.5 Å². The van der Waals surface area contributed by atoms with E-state index in [-0.39, 0.29) is 18.5 Å². The summed E-state index contributed by atoms with van der Waals surface area (Å²) in [5, 5.41) is 9.43. The lowest BCUT2D eigenvalue weighted by atomic mass is 10.0. The van der Waals surface area contributed by atoms with Crippen molar-refractivity contribution in [2.75, 3.05) is 13.2 Å². The lowest BCUT2D eigenvalue weighted by Crippen LogP contribution is -2.41. The van der Waals surface area contributed by atoms with Gasteiger partial charge in [-0.25, -0.2) is 9.37 Å². The summed E-state index contributed by atoms with van der Waals surface area (Å²) in [6.45, 7) is 1.80. The number of hydrogen-bond acceptors (Lipinski definition) is 4.